The van der Waals surface area contributed by atoms with Crippen LogP contribution in [-0.4, -0.2) is 43.4 Å². The molecule has 11 heteroatoms. The summed E-state index contributed by atoms with van der Waals surface area (Å²) in [5, 5.41) is 0. The third kappa shape index (κ3) is 3.84. The van der Waals surface area contributed by atoms with Gasteiger partial charge in [0.15, 0.2) is 18.0 Å². The Bertz CT molecular complexity index is 951. The maximum absolute atomic E-state index is 13.1. The van der Waals surface area contributed by atoms with Crippen molar-refractivity contribution in [1.82, 2.24) is 19.1 Å². The van der Waals surface area contributed by atoms with E-state index in [-0.39, 0.29) is 18.0 Å². The normalized spacial score (nSPS) is 21.8. The molecule has 0 bridgehead atoms. The molecule has 0 aliphatic carbocycles. The summed E-state index contributed by atoms with van der Waals surface area (Å²) in [4.78, 5) is 44.1. The molecule has 0 aromatic carbocycles. The lowest BCUT2D eigenvalue weighted by atomic mass is 10.2. The van der Waals surface area contributed by atoms with Crippen LogP contribution in [0.5, 0.6) is 0 Å². The number of carbonyl (C=O) groups excluding carboxylic acids is 2. The molecule has 28 heavy (non-hydrogen) atoms. The van der Waals surface area contributed by atoms with Crippen LogP contribution < -0.4 is 11.4 Å². The van der Waals surface area contributed by atoms with E-state index in [2.05, 4.69) is 9.97 Å². The summed E-state index contributed by atoms with van der Waals surface area (Å²) in [6.07, 6.45) is 0.439. The Labute approximate surface area is 160 Å². The summed E-state index contributed by atoms with van der Waals surface area (Å²) in [5.41, 5.74) is 6.08. The monoisotopic (exact) mass is 393 g/mol. The number of carbonyl (C=O) groups is 2. The number of fused-ring (bicyclic) bond motifs is 1. The lowest BCUT2D eigenvalue weighted by Gasteiger charge is -2.18. The summed E-state index contributed by atoms with van der Waals surface area (Å²) >= 11 is 0. The van der Waals surface area contributed by atoms with Gasteiger partial charge in [0.25, 0.3) is 0 Å². The van der Waals surface area contributed by atoms with Gasteiger partial charge in [-0.25, -0.2) is 14.3 Å². The fraction of sp³-hybridized carbons (Fsp3) is 0.588. The van der Waals surface area contributed by atoms with Crippen LogP contribution >= 0.6 is 0 Å². The number of hydrogen-bond donors (Lipinski definition) is 1. The van der Waals surface area contributed by atoms with Gasteiger partial charge in [0.2, 0.25) is 12.2 Å². The molecule has 0 spiro atoms. The summed E-state index contributed by atoms with van der Waals surface area (Å²) < 4.78 is 19.0. The Morgan fingerprint density at radius 3 is 2.68 bits per heavy atom. The standard InChI is InChI=1S/C17H23N5O6/c1-4-5-6-21-11-8-19-16(18)20-14(11)22(17(21)25)15-12(26-9(2)23)7-13(28-15)27-10(3)24/h8,12-13,15H,4-7H2,1-3H3,(H2,18,19,20)/t12-,13-,15-/m1/s1. The third-order valence-corrected chi connectivity index (χ3v) is 4.36. The highest BCUT2D eigenvalue weighted by Crippen LogP contribution is 2.33. The molecular weight excluding hydrogens is 370 g/mol. The quantitative estimate of drug-likeness (QED) is 0.702. The van der Waals surface area contributed by atoms with Crippen molar-refractivity contribution in [3.8, 4) is 0 Å². The minimum absolute atomic E-state index is 0.00698. The van der Waals surface area contributed by atoms with E-state index in [0.717, 1.165) is 12.8 Å². The predicted molar refractivity (Wildman–Crippen MR) is 97.0 cm³/mol. The summed E-state index contributed by atoms with van der Waals surface area (Å²) in [5.74, 6) is -1.09. The predicted octanol–water partition coefficient (Wildman–Crippen LogP) is 0.715. The zero-order valence-corrected chi connectivity index (χ0v) is 16.0. The number of esters is 2. The lowest BCUT2D eigenvalue weighted by Crippen LogP contribution is -2.33. The van der Waals surface area contributed by atoms with Crippen LogP contribution in [0.4, 0.5) is 5.95 Å². The van der Waals surface area contributed by atoms with Crippen LogP contribution in [0.3, 0.4) is 0 Å². The van der Waals surface area contributed by atoms with E-state index in [0.29, 0.717) is 12.1 Å². The number of imidazole rings is 1. The van der Waals surface area contributed by atoms with Gasteiger partial charge < -0.3 is 19.9 Å². The second-order valence-corrected chi connectivity index (χ2v) is 6.54. The number of rotatable bonds is 6. The Hall–Kier alpha value is -2.95. The van der Waals surface area contributed by atoms with Crippen molar-refractivity contribution in [2.75, 3.05) is 5.73 Å². The topological polar surface area (TPSA) is 141 Å². The van der Waals surface area contributed by atoms with Gasteiger partial charge in [0, 0.05) is 20.4 Å². The van der Waals surface area contributed by atoms with E-state index in [9.17, 15) is 14.4 Å². The number of aryl methyl sites for hydroxylation is 1. The van der Waals surface area contributed by atoms with Gasteiger partial charge in [-0.05, 0) is 6.42 Å². The molecule has 0 amide bonds. The molecule has 1 saturated heterocycles. The SMILES string of the molecule is CCCCn1c(=O)n([C@@H]2O[C@@H](OC(C)=O)C[C@H]2OC(C)=O)c2nc(N)ncc21. The number of aromatic nitrogens is 4. The second-order valence-electron chi connectivity index (χ2n) is 6.54. The number of nitrogens with zero attached hydrogens (tertiary/aromatic N) is 4. The first-order valence-electron chi connectivity index (χ1n) is 9.05. The van der Waals surface area contributed by atoms with Crippen molar-refractivity contribution in [3.63, 3.8) is 0 Å². The first-order valence-corrected chi connectivity index (χ1v) is 9.05. The fourth-order valence-corrected chi connectivity index (χ4v) is 3.25. The number of hydrogen-bond acceptors (Lipinski definition) is 9. The van der Waals surface area contributed by atoms with Crippen LogP contribution in [0, 0.1) is 0 Å². The molecule has 11 nitrogen and oxygen atoms in total. The Morgan fingerprint density at radius 1 is 1.32 bits per heavy atom. The van der Waals surface area contributed by atoms with Gasteiger partial charge >= 0.3 is 17.6 Å². The highest BCUT2D eigenvalue weighted by Gasteiger charge is 2.42. The minimum Gasteiger partial charge on any atom is -0.457 e. The van der Waals surface area contributed by atoms with Crippen LogP contribution in [-0.2, 0) is 30.3 Å². The molecule has 2 N–H and O–H groups in total. The zero-order chi connectivity index (χ0) is 20.4. The van der Waals surface area contributed by atoms with Crippen molar-refractivity contribution in [2.45, 2.75) is 65.2 Å². The molecule has 0 unspecified atom stereocenters. The smallest absolute Gasteiger partial charge is 0.332 e. The van der Waals surface area contributed by atoms with E-state index < -0.39 is 36.3 Å². The van der Waals surface area contributed by atoms with Gasteiger partial charge in [-0.2, -0.15) is 4.98 Å². The molecule has 0 saturated carbocycles. The van der Waals surface area contributed by atoms with E-state index in [1.165, 1.54) is 29.2 Å². The van der Waals surface area contributed by atoms with Gasteiger partial charge in [-0.1, -0.05) is 13.3 Å². The number of nitrogens with two attached hydrogens (primary N) is 1. The summed E-state index contributed by atoms with van der Waals surface area (Å²) in [6.45, 7) is 4.97. The summed E-state index contributed by atoms with van der Waals surface area (Å²) in [6, 6.07) is 0. The van der Waals surface area contributed by atoms with Crippen molar-refractivity contribution in [1.29, 1.82) is 0 Å². The first-order chi connectivity index (χ1) is 13.3. The molecular formula is C17H23N5O6. The van der Waals surface area contributed by atoms with Crippen LogP contribution in [0.1, 0.15) is 46.3 Å². The fourth-order valence-electron chi connectivity index (χ4n) is 3.25. The van der Waals surface area contributed by atoms with E-state index >= 15 is 0 Å². The Kier molecular flexibility index (Phi) is 5.63. The minimum atomic E-state index is -1.01. The van der Waals surface area contributed by atoms with Crippen LogP contribution in [0.15, 0.2) is 11.0 Å². The molecule has 1 aliphatic heterocycles. The molecule has 3 atom stereocenters. The van der Waals surface area contributed by atoms with Crippen molar-refractivity contribution < 1.29 is 23.8 Å². The Morgan fingerprint density at radius 2 is 2.04 bits per heavy atom. The van der Waals surface area contributed by atoms with Crippen molar-refractivity contribution in [2.24, 2.45) is 0 Å². The maximum Gasteiger partial charge on any atom is 0.332 e. The number of anilines is 1. The molecule has 152 valence electrons. The molecule has 1 aliphatic rings. The second kappa shape index (κ2) is 7.97. The molecule has 3 rings (SSSR count). The van der Waals surface area contributed by atoms with E-state index in [1.807, 2.05) is 6.92 Å². The highest BCUT2D eigenvalue weighted by molar-refractivity contribution is 5.72. The van der Waals surface area contributed by atoms with Crippen molar-refractivity contribution >= 4 is 29.1 Å². The van der Waals surface area contributed by atoms with Gasteiger partial charge in [0.1, 0.15) is 5.52 Å². The van der Waals surface area contributed by atoms with Crippen LogP contribution in [0.2, 0.25) is 0 Å². The number of nitrogen functional groups attached to an aromatic ring is 1. The van der Waals surface area contributed by atoms with Gasteiger partial charge in [-0.15, -0.1) is 0 Å². The summed E-state index contributed by atoms with van der Waals surface area (Å²) in [7, 11) is 0. The average molecular weight is 393 g/mol. The largest absolute Gasteiger partial charge is 0.457 e. The van der Waals surface area contributed by atoms with Gasteiger partial charge in [-0.3, -0.25) is 14.2 Å². The van der Waals surface area contributed by atoms with E-state index in [4.69, 9.17) is 19.9 Å². The molecule has 2 aromatic rings. The number of ether oxygens (including phenoxy) is 3. The maximum atomic E-state index is 13.1. The first kappa shape index (κ1) is 19.8. The average Bonchev–Trinajstić information content (AvgIpc) is 3.09. The highest BCUT2D eigenvalue weighted by atomic mass is 16.7. The zero-order valence-electron chi connectivity index (χ0n) is 16.0. The van der Waals surface area contributed by atoms with E-state index in [1.54, 1.807) is 0 Å². The molecule has 1 fully saturated rings. The molecule has 3 heterocycles. The van der Waals surface area contributed by atoms with Crippen LogP contribution in [0.25, 0.3) is 11.2 Å². The van der Waals surface area contributed by atoms with Gasteiger partial charge in [0.05, 0.1) is 12.6 Å². The van der Waals surface area contributed by atoms with Crippen molar-refractivity contribution in [3.05, 3.63) is 16.7 Å². The Balaban J connectivity index is 2.10. The molecule has 0 radical (unpaired) electrons. The number of unbranched alkanes of at least 4 members (excludes halogenated alkanes) is 1. The lowest BCUT2D eigenvalue weighted by molar-refractivity contribution is -0.181. The third-order valence-electron chi connectivity index (χ3n) is 4.36. The molecule has 2 aromatic heterocycles.